The first-order chi connectivity index (χ1) is 19.2. The summed E-state index contributed by atoms with van der Waals surface area (Å²) in [7, 11) is 0. The smallest absolute Gasteiger partial charge is 0.467 e. The highest BCUT2D eigenvalue weighted by molar-refractivity contribution is 5.92. The molecule has 9 nitrogen and oxygen atoms in total. The molecule has 4 rings (SSSR count). The molecule has 2 atom stereocenters. The lowest BCUT2D eigenvalue weighted by Crippen LogP contribution is -2.50. The normalized spacial score (nSPS) is 18.8. The van der Waals surface area contributed by atoms with Crippen LogP contribution in [-0.4, -0.2) is 54.7 Å². The number of carbonyl (C=O) groups is 3. The molecule has 1 saturated heterocycles. The first-order valence-electron chi connectivity index (χ1n) is 13.6. The van der Waals surface area contributed by atoms with E-state index in [-0.39, 0.29) is 43.0 Å². The number of furan rings is 1. The molecule has 1 aliphatic heterocycles. The number of nitrogens with zero attached hydrogens (tertiary/aromatic N) is 1. The van der Waals surface area contributed by atoms with Crippen molar-refractivity contribution < 1.29 is 36.7 Å². The first-order valence-corrected chi connectivity index (χ1v) is 13.6. The molecule has 1 unspecified atom stereocenters. The zero-order chi connectivity index (χ0) is 28.5. The quantitative estimate of drug-likeness (QED) is 0.333. The van der Waals surface area contributed by atoms with Crippen molar-refractivity contribution in [3.8, 4) is 5.75 Å². The van der Waals surface area contributed by atoms with Crippen LogP contribution in [0.25, 0.3) is 0 Å². The highest BCUT2D eigenvalue weighted by Gasteiger charge is 2.36. The molecule has 12 heteroatoms. The summed E-state index contributed by atoms with van der Waals surface area (Å²) >= 11 is 0. The van der Waals surface area contributed by atoms with Gasteiger partial charge in [-0.1, -0.05) is 32.1 Å². The fraction of sp³-hybridized carbons (Fsp3) is 0.536. The van der Waals surface area contributed by atoms with E-state index in [0.717, 1.165) is 25.7 Å². The van der Waals surface area contributed by atoms with E-state index in [1.807, 2.05) is 0 Å². The molecule has 40 heavy (non-hydrogen) atoms. The highest BCUT2D eigenvalue weighted by Crippen LogP contribution is 2.28. The Bertz CT molecular complexity index is 1120. The van der Waals surface area contributed by atoms with Gasteiger partial charge in [0.05, 0.1) is 18.7 Å². The molecule has 0 bridgehead atoms. The van der Waals surface area contributed by atoms with E-state index < -0.39 is 18.3 Å². The fourth-order valence-electron chi connectivity index (χ4n) is 5.26. The van der Waals surface area contributed by atoms with Crippen molar-refractivity contribution >= 4 is 23.4 Å². The van der Waals surface area contributed by atoms with Crippen LogP contribution in [0.15, 0.2) is 47.1 Å². The van der Waals surface area contributed by atoms with E-state index in [2.05, 4.69) is 20.7 Å². The first kappa shape index (κ1) is 29.3. The van der Waals surface area contributed by atoms with Gasteiger partial charge in [-0.3, -0.25) is 14.4 Å². The third kappa shape index (κ3) is 8.92. The van der Waals surface area contributed by atoms with Gasteiger partial charge in [-0.05, 0) is 48.7 Å². The molecule has 2 heterocycles. The highest BCUT2D eigenvalue weighted by atomic mass is 19.4. The van der Waals surface area contributed by atoms with Crippen LogP contribution < -0.4 is 20.7 Å². The van der Waals surface area contributed by atoms with Gasteiger partial charge in [0.15, 0.2) is 0 Å². The van der Waals surface area contributed by atoms with Gasteiger partial charge in [-0.25, -0.2) is 0 Å². The molecule has 1 aromatic carbocycles. The van der Waals surface area contributed by atoms with Crippen LogP contribution >= 0.6 is 0 Å². The van der Waals surface area contributed by atoms with Crippen LogP contribution in [0.2, 0.25) is 0 Å². The number of likely N-dealkylation sites (tertiary alicyclic amines) is 1. The van der Waals surface area contributed by atoms with Gasteiger partial charge < -0.3 is 30.0 Å². The third-order valence-corrected chi connectivity index (χ3v) is 7.28. The predicted molar refractivity (Wildman–Crippen MR) is 140 cm³/mol. The van der Waals surface area contributed by atoms with Crippen LogP contribution in [0.1, 0.15) is 50.7 Å². The standard InChI is InChI=1S/C28H35F3N4O5/c29-28(30,31)40-22-10-8-21(9-11-22)32-12-13-33-27(38)24(15-19-5-2-1-3-6-19)34-26(37)20-16-25(36)35(17-20)18-23-7-4-14-39-23/h4,7-11,14,19-20,24,32H,1-3,5-6,12-13,15-18H2,(H,33,38)(H,34,37)/t20?,24-/m0/s1. The average Bonchev–Trinajstić information content (AvgIpc) is 3.57. The summed E-state index contributed by atoms with van der Waals surface area (Å²) in [6, 6.07) is 8.11. The van der Waals surface area contributed by atoms with Gasteiger partial charge in [-0.2, -0.15) is 0 Å². The Morgan fingerprint density at radius 3 is 2.50 bits per heavy atom. The van der Waals surface area contributed by atoms with Crippen molar-refractivity contribution in [2.24, 2.45) is 11.8 Å². The van der Waals surface area contributed by atoms with Gasteiger partial charge >= 0.3 is 6.36 Å². The molecule has 2 aromatic rings. The lowest BCUT2D eigenvalue weighted by atomic mass is 9.84. The van der Waals surface area contributed by atoms with Crippen molar-refractivity contribution in [3.05, 3.63) is 48.4 Å². The largest absolute Gasteiger partial charge is 0.573 e. The summed E-state index contributed by atoms with van der Waals surface area (Å²) in [6.07, 6.45) is 2.78. The van der Waals surface area contributed by atoms with Crippen LogP contribution in [0.4, 0.5) is 18.9 Å². The average molecular weight is 565 g/mol. The molecule has 3 N–H and O–H groups in total. The van der Waals surface area contributed by atoms with E-state index >= 15 is 0 Å². The van der Waals surface area contributed by atoms with Gasteiger partial charge in [-0.15, -0.1) is 13.2 Å². The second-order valence-electron chi connectivity index (χ2n) is 10.3. The molecule has 1 saturated carbocycles. The predicted octanol–water partition coefficient (Wildman–Crippen LogP) is 4.21. The second kappa shape index (κ2) is 13.6. The lowest BCUT2D eigenvalue weighted by molar-refractivity contribution is -0.274. The molecule has 3 amide bonds. The fourth-order valence-corrected chi connectivity index (χ4v) is 5.26. The number of hydrogen-bond acceptors (Lipinski definition) is 6. The molecule has 1 aromatic heterocycles. The Hall–Kier alpha value is -3.70. The summed E-state index contributed by atoms with van der Waals surface area (Å²) in [5.74, 6) is -0.634. The van der Waals surface area contributed by atoms with Crippen LogP contribution in [-0.2, 0) is 20.9 Å². The Morgan fingerprint density at radius 2 is 1.82 bits per heavy atom. The lowest BCUT2D eigenvalue weighted by Gasteiger charge is -2.27. The number of rotatable bonds is 12. The molecular formula is C28H35F3N4O5. The Balaban J connectivity index is 1.27. The number of hydrogen-bond donors (Lipinski definition) is 3. The number of carbonyl (C=O) groups excluding carboxylic acids is 3. The SMILES string of the molecule is O=C(N[C@@H](CC1CCCCC1)C(=O)NCCNc1ccc(OC(F)(F)F)cc1)C1CC(=O)N(Cc2ccco2)C1. The zero-order valence-corrected chi connectivity index (χ0v) is 22.2. The van der Waals surface area contributed by atoms with E-state index in [9.17, 15) is 27.6 Å². The summed E-state index contributed by atoms with van der Waals surface area (Å²) in [5, 5.41) is 8.79. The summed E-state index contributed by atoms with van der Waals surface area (Å²) in [6.45, 7) is 1.14. The summed E-state index contributed by atoms with van der Waals surface area (Å²) in [4.78, 5) is 40.3. The zero-order valence-electron chi connectivity index (χ0n) is 22.2. The van der Waals surface area contributed by atoms with Gasteiger partial charge in [0.2, 0.25) is 17.7 Å². The molecular weight excluding hydrogens is 529 g/mol. The number of halogens is 3. The van der Waals surface area contributed by atoms with E-state index in [4.69, 9.17) is 4.42 Å². The number of ether oxygens (including phenoxy) is 1. The van der Waals surface area contributed by atoms with Crippen LogP contribution in [0.3, 0.4) is 0 Å². The molecule has 2 fully saturated rings. The van der Waals surface area contributed by atoms with Crippen molar-refractivity contribution in [2.45, 2.75) is 63.9 Å². The third-order valence-electron chi connectivity index (χ3n) is 7.28. The number of amides is 3. The second-order valence-corrected chi connectivity index (χ2v) is 10.3. The van der Waals surface area contributed by atoms with Gasteiger partial charge in [0.1, 0.15) is 17.6 Å². The maximum absolute atomic E-state index is 13.1. The number of benzene rings is 1. The van der Waals surface area contributed by atoms with Gasteiger partial charge in [0, 0.05) is 31.7 Å². The minimum Gasteiger partial charge on any atom is -0.467 e. The number of nitrogens with one attached hydrogen (secondary N) is 3. The molecule has 2 aliphatic rings. The maximum Gasteiger partial charge on any atom is 0.573 e. The topological polar surface area (TPSA) is 113 Å². The minimum absolute atomic E-state index is 0.0844. The van der Waals surface area contributed by atoms with Crippen molar-refractivity contribution in [3.63, 3.8) is 0 Å². The number of alkyl halides is 3. The number of anilines is 1. The van der Waals surface area contributed by atoms with E-state index in [1.165, 1.54) is 36.9 Å². The Kier molecular flexibility index (Phi) is 9.94. The molecule has 0 radical (unpaired) electrons. The molecule has 218 valence electrons. The van der Waals surface area contributed by atoms with Gasteiger partial charge in [0.25, 0.3) is 0 Å². The summed E-state index contributed by atoms with van der Waals surface area (Å²) < 4.78 is 46.2. The van der Waals surface area contributed by atoms with E-state index in [0.29, 0.717) is 36.9 Å². The Morgan fingerprint density at radius 1 is 1.07 bits per heavy atom. The van der Waals surface area contributed by atoms with Crippen molar-refractivity contribution in [1.29, 1.82) is 0 Å². The monoisotopic (exact) mass is 564 g/mol. The maximum atomic E-state index is 13.1. The van der Waals surface area contributed by atoms with Crippen LogP contribution in [0, 0.1) is 11.8 Å². The van der Waals surface area contributed by atoms with Crippen LogP contribution in [0.5, 0.6) is 5.75 Å². The Labute approximate surface area is 230 Å². The minimum atomic E-state index is -4.75. The molecule has 1 aliphatic carbocycles. The molecule has 0 spiro atoms. The van der Waals surface area contributed by atoms with Crippen molar-refractivity contribution in [2.75, 3.05) is 25.0 Å². The van der Waals surface area contributed by atoms with E-state index in [1.54, 1.807) is 17.0 Å². The summed E-state index contributed by atoms with van der Waals surface area (Å²) in [5.41, 5.74) is 0.570. The van der Waals surface area contributed by atoms with Crippen molar-refractivity contribution in [1.82, 2.24) is 15.5 Å².